The third-order valence-corrected chi connectivity index (χ3v) is 6.73. The van der Waals surface area contributed by atoms with Gasteiger partial charge in [-0.25, -0.2) is 13.1 Å². The van der Waals surface area contributed by atoms with Gasteiger partial charge in [0.15, 0.2) is 0 Å². The normalized spacial score (nSPS) is 18.8. The molecule has 1 saturated carbocycles. The van der Waals surface area contributed by atoms with Gasteiger partial charge in [-0.1, -0.05) is 12.8 Å². The van der Waals surface area contributed by atoms with E-state index >= 15 is 0 Å². The number of aliphatic hydroxyl groups is 1. The van der Waals surface area contributed by atoms with E-state index in [1.165, 1.54) is 11.3 Å². The largest absolute Gasteiger partial charge is 0.391 e. The van der Waals surface area contributed by atoms with Gasteiger partial charge in [-0.15, -0.1) is 11.3 Å². The van der Waals surface area contributed by atoms with Gasteiger partial charge in [0.1, 0.15) is 0 Å². The zero-order valence-electron chi connectivity index (χ0n) is 11.9. The molecular formula is C13H22N2O3S2. The molecule has 2 N–H and O–H groups in total. The third-order valence-electron chi connectivity index (χ3n) is 4.21. The number of sulfonamides is 1. The average molecular weight is 318 g/mol. The highest BCUT2D eigenvalue weighted by Crippen LogP contribution is 2.33. The number of likely N-dealkylation sites (N-methyl/N-ethyl adjacent to an activating group) is 1. The lowest BCUT2D eigenvalue weighted by atomic mass is 9.97. The van der Waals surface area contributed by atoms with E-state index in [-0.39, 0.29) is 17.0 Å². The molecular weight excluding hydrogens is 296 g/mol. The Labute approximate surface area is 124 Å². The molecule has 7 heteroatoms. The molecule has 1 aliphatic rings. The lowest BCUT2D eigenvalue weighted by molar-refractivity contribution is 0.162. The first kappa shape index (κ1) is 15.9. The fourth-order valence-electron chi connectivity index (χ4n) is 2.81. The van der Waals surface area contributed by atoms with Crippen LogP contribution in [0.25, 0.3) is 0 Å². The number of rotatable bonds is 6. The molecule has 1 heterocycles. The van der Waals surface area contributed by atoms with E-state index in [4.69, 9.17) is 0 Å². The van der Waals surface area contributed by atoms with E-state index in [1.807, 2.05) is 14.1 Å². The zero-order chi connectivity index (χ0) is 14.8. The summed E-state index contributed by atoms with van der Waals surface area (Å²) in [6, 6.07) is 1.55. The fraction of sp³-hybridized carbons (Fsp3) is 0.692. The second-order valence-corrected chi connectivity index (χ2v) is 8.25. The minimum absolute atomic E-state index is 0.0809. The molecule has 1 aliphatic carbocycles. The molecule has 20 heavy (non-hydrogen) atoms. The zero-order valence-corrected chi connectivity index (χ0v) is 13.6. The number of nitrogens with one attached hydrogen (secondary N) is 1. The monoisotopic (exact) mass is 318 g/mol. The van der Waals surface area contributed by atoms with E-state index in [1.54, 1.807) is 11.4 Å². The molecule has 0 radical (unpaired) electrons. The summed E-state index contributed by atoms with van der Waals surface area (Å²) in [4.78, 5) is 2.82. The van der Waals surface area contributed by atoms with Crippen LogP contribution in [0.4, 0.5) is 0 Å². The molecule has 0 unspecified atom stereocenters. The van der Waals surface area contributed by atoms with Crippen LogP contribution < -0.4 is 4.72 Å². The van der Waals surface area contributed by atoms with Gasteiger partial charge in [0.25, 0.3) is 0 Å². The minimum atomic E-state index is -3.55. The van der Waals surface area contributed by atoms with Crippen LogP contribution in [-0.2, 0) is 16.6 Å². The van der Waals surface area contributed by atoms with Crippen molar-refractivity contribution >= 4 is 21.4 Å². The van der Waals surface area contributed by atoms with Crippen molar-refractivity contribution in [2.45, 2.75) is 42.7 Å². The molecule has 0 aromatic carbocycles. The fourth-order valence-corrected chi connectivity index (χ4v) is 5.22. The Morgan fingerprint density at radius 3 is 2.60 bits per heavy atom. The first-order valence-corrected chi connectivity index (χ1v) is 9.12. The Morgan fingerprint density at radius 1 is 1.40 bits per heavy atom. The molecule has 0 aliphatic heterocycles. The highest BCUT2D eigenvalue weighted by atomic mass is 32.2. The third kappa shape index (κ3) is 3.07. The lowest BCUT2D eigenvalue weighted by Crippen LogP contribution is -2.50. The smallest absolute Gasteiger partial charge is 0.241 e. The van der Waals surface area contributed by atoms with Crippen molar-refractivity contribution < 1.29 is 13.5 Å². The molecule has 5 nitrogen and oxygen atoms in total. The summed E-state index contributed by atoms with van der Waals surface area (Å²) in [5, 5.41) is 10.9. The summed E-state index contributed by atoms with van der Waals surface area (Å²) in [5.41, 5.74) is -0.0809. The number of aliphatic hydroxyl groups excluding tert-OH is 1. The SMILES string of the molecule is CN(C)C1(CNS(=O)(=O)c2ccsc2CO)CCCC1. The van der Waals surface area contributed by atoms with Crippen LogP contribution in [0.5, 0.6) is 0 Å². The van der Waals surface area contributed by atoms with Crippen LogP contribution in [0.1, 0.15) is 30.6 Å². The summed E-state index contributed by atoms with van der Waals surface area (Å²) >= 11 is 1.26. The topological polar surface area (TPSA) is 69.6 Å². The first-order chi connectivity index (χ1) is 9.41. The van der Waals surface area contributed by atoms with Gasteiger partial charge in [-0.3, -0.25) is 0 Å². The summed E-state index contributed by atoms with van der Waals surface area (Å²) < 4.78 is 27.4. The van der Waals surface area contributed by atoms with Gasteiger partial charge in [-0.2, -0.15) is 0 Å². The molecule has 0 atom stereocenters. The molecule has 2 rings (SSSR count). The van der Waals surface area contributed by atoms with Crippen molar-refractivity contribution in [1.29, 1.82) is 0 Å². The lowest BCUT2D eigenvalue weighted by Gasteiger charge is -2.36. The minimum Gasteiger partial charge on any atom is -0.391 e. The predicted molar refractivity (Wildman–Crippen MR) is 80.3 cm³/mol. The number of hydrogen-bond acceptors (Lipinski definition) is 5. The van der Waals surface area contributed by atoms with Gasteiger partial charge < -0.3 is 10.0 Å². The Kier molecular flexibility index (Phi) is 4.86. The van der Waals surface area contributed by atoms with Gasteiger partial charge in [0, 0.05) is 17.0 Å². The Balaban J connectivity index is 2.13. The van der Waals surface area contributed by atoms with Crippen LogP contribution >= 0.6 is 11.3 Å². The van der Waals surface area contributed by atoms with Crippen molar-refractivity contribution in [2.75, 3.05) is 20.6 Å². The van der Waals surface area contributed by atoms with Gasteiger partial charge in [-0.05, 0) is 38.4 Å². The van der Waals surface area contributed by atoms with Crippen LogP contribution in [0, 0.1) is 0 Å². The standard InChI is InChI=1S/C13H22N2O3S2/c1-15(2)13(6-3-4-7-13)10-14-20(17,18)12-5-8-19-11(12)9-16/h5,8,14,16H,3-4,6-7,9-10H2,1-2H3. The second-order valence-electron chi connectivity index (χ2n) is 5.52. The van der Waals surface area contributed by atoms with E-state index < -0.39 is 10.0 Å². The summed E-state index contributed by atoms with van der Waals surface area (Å²) in [5.74, 6) is 0. The van der Waals surface area contributed by atoms with Crippen LogP contribution in [0.3, 0.4) is 0 Å². The maximum atomic E-state index is 12.4. The maximum Gasteiger partial charge on any atom is 0.241 e. The van der Waals surface area contributed by atoms with E-state index in [0.29, 0.717) is 11.4 Å². The Hall–Kier alpha value is -0.470. The summed E-state index contributed by atoms with van der Waals surface area (Å²) in [7, 11) is 0.462. The van der Waals surface area contributed by atoms with Crippen molar-refractivity contribution in [3.63, 3.8) is 0 Å². The van der Waals surface area contributed by atoms with Crippen LogP contribution in [0.2, 0.25) is 0 Å². The van der Waals surface area contributed by atoms with Crippen molar-refractivity contribution in [3.05, 3.63) is 16.3 Å². The average Bonchev–Trinajstić information content (AvgIpc) is 3.06. The first-order valence-electron chi connectivity index (χ1n) is 6.76. The molecule has 0 spiro atoms. The number of nitrogens with zero attached hydrogens (tertiary/aromatic N) is 1. The second kappa shape index (κ2) is 6.11. The van der Waals surface area contributed by atoms with Gasteiger partial charge >= 0.3 is 0 Å². The van der Waals surface area contributed by atoms with Crippen molar-refractivity contribution in [2.24, 2.45) is 0 Å². The molecule has 1 aromatic rings. The van der Waals surface area contributed by atoms with Crippen molar-refractivity contribution in [3.8, 4) is 0 Å². The molecule has 1 aromatic heterocycles. The predicted octanol–water partition coefficient (Wildman–Crippen LogP) is 1.39. The molecule has 114 valence electrons. The highest BCUT2D eigenvalue weighted by Gasteiger charge is 2.37. The number of thiophene rings is 1. The molecule has 0 amide bonds. The number of hydrogen-bond donors (Lipinski definition) is 2. The Bertz CT molecular complexity index is 546. The van der Waals surface area contributed by atoms with Crippen LogP contribution in [-0.4, -0.2) is 44.6 Å². The molecule has 0 saturated heterocycles. The van der Waals surface area contributed by atoms with Gasteiger partial charge in [0.2, 0.25) is 10.0 Å². The molecule has 1 fully saturated rings. The van der Waals surface area contributed by atoms with E-state index in [0.717, 1.165) is 25.7 Å². The quantitative estimate of drug-likeness (QED) is 0.832. The maximum absolute atomic E-state index is 12.4. The summed E-state index contributed by atoms with van der Waals surface area (Å²) in [6.45, 7) is 0.176. The van der Waals surface area contributed by atoms with Crippen molar-refractivity contribution in [1.82, 2.24) is 9.62 Å². The molecule has 0 bridgehead atoms. The van der Waals surface area contributed by atoms with Crippen LogP contribution in [0.15, 0.2) is 16.3 Å². The van der Waals surface area contributed by atoms with E-state index in [2.05, 4.69) is 9.62 Å². The summed E-state index contributed by atoms with van der Waals surface area (Å²) in [6.07, 6.45) is 4.30. The highest BCUT2D eigenvalue weighted by molar-refractivity contribution is 7.89. The Morgan fingerprint density at radius 2 is 2.05 bits per heavy atom. The van der Waals surface area contributed by atoms with E-state index in [9.17, 15) is 13.5 Å². The van der Waals surface area contributed by atoms with Gasteiger partial charge in [0.05, 0.1) is 11.5 Å².